The van der Waals surface area contributed by atoms with E-state index in [0.29, 0.717) is 0 Å². The molecule has 0 aromatic heterocycles. The van der Waals surface area contributed by atoms with E-state index in [4.69, 9.17) is 23.1 Å². The molecule has 0 unspecified atom stereocenters. The first kappa shape index (κ1) is 22.3. The topological polar surface area (TPSA) is 97.4 Å². The SMILES string of the molecule is Cc1ccc(S(=O)(=O)OC2=C(OCc3ccccc3)[C@@H]([C@@H]3COC(C)(C)O3)OC2=O)cc1. The Hall–Kier alpha value is -2.88. The minimum Gasteiger partial charge on any atom is -0.485 e. The summed E-state index contributed by atoms with van der Waals surface area (Å²) < 4.78 is 53.6. The third kappa shape index (κ3) is 4.79. The van der Waals surface area contributed by atoms with Crippen LogP contribution in [0.4, 0.5) is 0 Å². The second-order valence-electron chi connectivity index (χ2n) is 8.01. The van der Waals surface area contributed by atoms with E-state index < -0.39 is 39.8 Å². The van der Waals surface area contributed by atoms with Crippen molar-refractivity contribution in [3.8, 4) is 0 Å². The summed E-state index contributed by atoms with van der Waals surface area (Å²) in [5.41, 5.74) is 1.71. The summed E-state index contributed by atoms with van der Waals surface area (Å²) >= 11 is 0. The van der Waals surface area contributed by atoms with Gasteiger partial charge in [-0.15, -0.1) is 0 Å². The van der Waals surface area contributed by atoms with Gasteiger partial charge in [0, 0.05) is 0 Å². The molecule has 8 nitrogen and oxygen atoms in total. The minimum absolute atomic E-state index is 0.0409. The van der Waals surface area contributed by atoms with Crippen molar-refractivity contribution in [2.75, 3.05) is 6.61 Å². The van der Waals surface area contributed by atoms with Crippen LogP contribution in [-0.2, 0) is 44.7 Å². The molecule has 170 valence electrons. The Morgan fingerprint density at radius 3 is 2.38 bits per heavy atom. The zero-order valence-electron chi connectivity index (χ0n) is 17.9. The number of hydrogen-bond donors (Lipinski definition) is 0. The highest BCUT2D eigenvalue weighted by Gasteiger charge is 2.49. The molecule has 2 aliphatic rings. The van der Waals surface area contributed by atoms with Crippen molar-refractivity contribution in [3.63, 3.8) is 0 Å². The summed E-state index contributed by atoms with van der Waals surface area (Å²) in [5, 5.41) is 0. The Morgan fingerprint density at radius 1 is 1.06 bits per heavy atom. The van der Waals surface area contributed by atoms with Crippen molar-refractivity contribution in [2.45, 2.75) is 50.3 Å². The van der Waals surface area contributed by atoms with E-state index in [9.17, 15) is 13.2 Å². The highest BCUT2D eigenvalue weighted by Crippen LogP contribution is 2.35. The largest absolute Gasteiger partial charge is 0.485 e. The third-order valence-electron chi connectivity index (χ3n) is 5.01. The van der Waals surface area contributed by atoms with Crippen molar-refractivity contribution in [2.24, 2.45) is 0 Å². The normalized spacial score (nSPS) is 22.7. The zero-order valence-corrected chi connectivity index (χ0v) is 18.8. The summed E-state index contributed by atoms with van der Waals surface area (Å²) in [4.78, 5) is 12.6. The number of esters is 1. The number of benzene rings is 2. The fourth-order valence-corrected chi connectivity index (χ4v) is 4.32. The molecule has 9 heteroatoms. The molecule has 2 heterocycles. The van der Waals surface area contributed by atoms with E-state index in [1.54, 1.807) is 26.0 Å². The predicted octanol–water partition coefficient (Wildman–Crippen LogP) is 3.21. The summed E-state index contributed by atoms with van der Waals surface area (Å²) in [6.45, 7) is 5.52. The molecule has 0 saturated carbocycles. The lowest BCUT2D eigenvalue weighted by Crippen LogP contribution is -2.33. The van der Waals surface area contributed by atoms with Gasteiger partial charge in [0.25, 0.3) is 5.76 Å². The average Bonchev–Trinajstić information content (AvgIpc) is 3.26. The second kappa shape index (κ2) is 8.57. The number of carbonyl (C=O) groups is 1. The molecule has 1 fully saturated rings. The van der Waals surface area contributed by atoms with Gasteiger partial charge in [0.2, 0.25) is 0 Å². The van der Waals surface area contributed by atoms with Crippen LogP contribution in [0.1, 0.15) is 25.0 Å². The molecule has 1 saturated heterocycles. The average molecular weight is 461 g/mol. The van der Waals surface area contributed by atoms with E-state index >= 15 is 0 Å². The first-order valence-corrected chi connectivity index (χ1v) is 11.5. The third-order valence-corrected chi connectivity index (χ3v) is 6.25. The van der Waals surface area contributed by atoms with Gasteiger partial charge >= 0.3 is 16.1 Å². The molecule has 2 aliphatic heterocycles. The molecule has 0 aliphatic carbocycles. The Kier molecular flexibility index (Phi) is 5.98. The lowest BCUT2D eigenvalue weighted by atomic mass is 10.1. The molecule has 2 aromatic rings. The standard InChI is InChI=1S/C23H24O8S/c1-15-9-11-17(12-10-15)32(25,26)31-21-20(27-13-16-7-5-4-6-8-16)19(29-22(21)24)18-14-28-23(2,3)30-18/h4-12,18-19H,13-14H2,1-3H3/t18-,19+/m0/s1. The minimum atomic E-state index is -4.29. The second-order valence-corrected chi connectivity index (χ2v) is 9.56. The lowest BCUT2D eigenvalue weighted by Gasteiger charge is -2.22. The van der Waals surface area contributed by atoms with Gasteiger partial charge in [-0.3, -0.25) is 0 Å². The molecular formula is C23H24O8S. The predicted molar refractivity (Wildman–Crippen MR) is 112 cm³/mol. The molecule has 0 N–H and O–H groups in total. The molecule has 32 heavy (non-hydrogen) atoms. The fourth-order valence-electron chi connectivity index (χ4n) is 3.38. The van der Waals surface area contributed by atoms with Gasteiger partial charge < -0.3 is 23.1 Å². The Labute approximate surface area is 186 Å². The van der Waals surface area contributed by atoms with Crippen LogP contribution in [-0.4, -0.2) is 39.0 Å². The van der Waals surface area contributed by atoms with Gasteiger partial charge in [0.1, 0.15) is 17.6 Å². The number of cyclic esters (lactones) is 1. The highest BCUT2D eigenvalue weighted by atomic mass is 32.2. The summed E-state index contributed by atoms with van der Waals surface area (Å²) in [6.07, 6.45) is -1.68. The molecule has 2 aromatic carbocycles. The zero-order chi connectivity index (χ0) is 22.9. The summed E-state index contributed by atoms with van der Waals surface area (Å²) in [5.74, 6) is -2.37. The molecular weight excluding hydrogens is 436 g/mol. The van der Waals surface area contributed by atoms with Gasteiger partial charge in [0.15, 0.2) is 17.7 Å². The van der Waals surface area contributed by atoms with Crippen molar-refractivity contribution in [1.29, 1.82) is 0 Å². The number of ether oxygens (including phenoxy) is 4. The molecule has 0 bridgehead atoms. The maximum Gasteiger partial charge on any atom is 0.380 e. The fraction of sp³-hybridized carbons (Fsp3) is 0.348. The summed E-state index contributed by atoms with van der Waals surface area (Å²) in [6, 6.07) is 15.3. The molecule has 0 amide bonds. The van der Waals surface area contributed by atoms with Crippen molar-refractivity contribution >= 4 is 16.1 Å². The van der Waals surface area contributed by atoms with Crippen LogP contribution in [0.3, 0.4) is 0 Å². The first-order valence-electron chi connectivity index (χ1n) is 10.1. The quantitative estimate of drug-likeness (QED) is 0.459. The van der Waals surface area contributed by atoms with Crippen LogP contribution < -0.4 is 0 Å². The molecule has 0 radical (unpaired) electrons. The maximum absolute atomic E-state index is 12.8. The van der Waals surface area contributed by atoms with E-state index in [0.717, 1.165) is 11.1 Å². The Bertz CT molecular complexity index is 1120. The number of aryl methyl sites for hydroxylation is 1. The van der Waals surface area contributed by atoms with Gasteiger partial charge in [-0.1, -0.05) is 48.0 Å². The monoisotopic (exact) mass is 460 g/mol. The smallest absolute Gasteiger partial charge is 0.380 e. The van der Waals surface area contributed by atoms with E-state index in [1.807, 2.05) is 37.3 Å². The van der Waals surface area contributed by atoms with Crippen molar-refractivity contribution in [1.82, 2.24) is 0 Å². The molecule has 2 atom stereocenters. The van der Waals surface area contributed by atoms with Gasteiger partial charge in [0.05, 0.1) is 6.61 Å². The van der Waals surface area contributed by atoms with Crippen LogP contribution in [0.15, 0.2) is 71.0 Å². The number of rotatable bonds is 7. The number of hydrogen-bond acceptors (Lipinski definition) is 8. The molecule has 4 rings (SSSR count). The van der Waals surface area contributed by atoms with Gasteiger partial charge in [-0.05, 0) is 38.5 Å². The van der Waals surface area contributed by atoms with Gasteiger partial charge in [-0.2, -0.15) is 8.42 Å². The number of carbonyl (C=O) groups excluding carboxylic acids is 1. The Morgan fingerprint density at radius 2 is 1.75 bits per heavy atom. The van der Waals surface area contributed by atoms with Gasteiger partial charge in [-0.25, -0.2) is 4.79 Å². The van der Waals surface area contributed by atoms with Crippen LogP contribution in [0, 0.1) is 6.92 Å². The maximum atomic E-state index is 12.8. The van der Waals surface area contributed by atoms with E-state index in [-0.39, 0.29) is 23.9 Å². The van der Waals surface area contributed by atoms with Crippen LogP contribution >= 0.6 is 0 Å². The van der Waals surface area contributed by atoms with Crippen molar-refractivity contribution in [3.05, 3.63) is 77.2 Å². The lowest BCUT2D eigenvalue weighted by molar-refractivity contribution is -0.163. The van der Waals surface area contributed by atoms with E-state index in [1.165, 1.54) is 12.1 Å². The highest BCUT2D eigenvalue weighted by molar-refractivity contribution is 7.86. The Balaban J connectivity index is 1.65. The van der Waals surface area contributed by atoms with Crippen LogP contribution in [0.25, 0.3) is 0 Å². The van der Waals surface area contributed by atoms with Crippen LogP contribution in [0.2, 0.25) is 0 Å². The van der Waals surface area contributed by atoms with Crippen LogP contribution in [0.5, 0.6) is 0 Å². The van der Waals surface area contributed by atoms with Crippen molar-refractivity contribution < 1.29 is 36.3 Å². The van der Waals surface area contributed by atoms with E-state index in [2.05, 4.69) is 0 Å². The summed E-state index contributed by atoms with van der Waals surface area (Å²) in [7, 11) is -4.29. The first-order chi connectivity index (χ1) is 15.1. The molecule has 0 spiro atoms.